The second-order valence-electron chi connectivity index (χ2n) is 4.08. The molecule has 0 unspecified atom stereocenters. The fourth-order valence-electron chi connectivity index (χ4n) is 1.43. The first-order valence-electron chi connectivity index (χ1n) is 5.98. The van der Waals surface area contributed by atoms with Gasteiger partial charge in [0, 0.05) is 23.7 Å². The first kappa shape index (κ1) is 15.5. The third kappa shape index (κ3) is 5.28. The predicted molar refractivity (Wildman–Crippen MR) is 75.9 cm³/mol. The molecule has 0 radical (unpaired) electrons. The van der Waals surface area contributed by atoms with Gasteiger partial charge in [-0.25, -0.2) is 0 Å². The largest absolute Gasteiger partial charge is 0.482 e. The van der Waals surface area contributed by atoms with Crippen LogP contribution in [0.3, 0.4) is 0 Å². The summed E-state index contributed by atoms with van der Waals surface area (Å²) in [5.74, 6) is 0.161. The number of halogens is 1. The summed E-state index contributed by atoms with van der Waals surface area (Å²) in [5.41, 5.74) is 0.724. The second-order valence-corrected chi connectivity index (χ2v) is 4.52. The van der Waals surface area contributed by atoms with Crippen LogP contribution in [0.2, 0.25) is 5.02 Å². The number of nitrogens with zero attached hydrogens (tertiary/aromatic N) is 1. The molecule has 1 rings (SSSR count). The van der Waals surface area contributed by atoms with Gasteiger partial charge in [0.2, 0.25) is 0 Å². The molecule has 104 valence electrons. The fraction of sp³-hybridized carbons (Fsp3) is 0.385. The Morgan fingerprint density at radius 3 is 2.95 bits per heavy atom. The zero-order valence-electron chi connectivity index (χ0n) is 10.8. The van der Waals surface area contributed by atoms with E-state index in [-0.39, 0.29) is 18.0 Å². The molecule has 5 nitrogen and oxygen atoms in total. The maximum Gasteiger partial charge on any atom is 0.311 e. The Bertz CT molecular complexity index is 463. The number of nitro benzene ring substituents is 1. The van der Waals surface area contributed by atoms with E-state index in [9.17, 15) is 10.1 Å². The van der Waals surface area contributed by atoms with Crippen LogP contribution in [0.5, 0.6) is 5.75 Å². The number of benzene rings is 1. The molecule has 1 aromatic rings. The van der Waals surface area contributed by atoms with E-state index < -0.39 is 4.92 Å². The van der Waals surface area contributed by atoms with Crippen LogP contribution in [0.4, 0.5) is 5.69 Å². The summed E-state index contributed by atoms with van der Waals surface area (Å²) >= 11 is 5.80. The van der Waals surface area contributed by atoms with Gasteiger partial charge in [-0.3, -0.25) is 10.1 Å². The summed E-state index contributed by atoms with van der Waals surface area (Å²) in [4.78, 5) is 10.3. The number of nitrogens with one attached hydrogen (secondary N) is 1. The van der Waals surface area contributed by atoms with Crippen molar-refractivity contribution in [1.82, 2.24) is 5.32 Å². The third-order valence-electron chi connectivity index (χ3n) is 2.35. The average molecular weight is 285 g/mol. The van der Waals surface area contributed by atoms with Gasteiger partial charge in [-0.05, 0) is 24.6 Å². The number of hydrogen-bond acceptors (Lipinski definition) is 4. The minimum atomic E-state index is -0.496. The lowest BCUT2D eigenvalue weighted by Crippen LogP contribution is -2.20. The van der Waals surface area contributed by atoms with Gasteiger partial charge in [0.1, 0.15) is 6.61 Å². The Hall–Kier alpha value is -1.59. The summed E-state index contributed by atoms with van der Waals surface area (Å²) in [5, 5.41) is 14.4. The normalized spacial score (nSPS) is 10.2. The Balaban J connectivity index is 2.59. The van der Waals surface area contributed by atoms with E-state index in [1.165, 1.54) is 18.2 Å². The van der Waals surface area contributed by atoms with Crippen LogP contribution >= 0.6 is 11.6 Å². The monoisotopic (exact) mass is 284 g/mol. The highest BCUT2D eigenvalue weighted by molar-refractivity contribution is 6.30. The lowest BCUT2D eigenvalue weighted by atomic mass is 10.3. The van der Waals surface area contributed by atoms with Crippen molar-refractivity contribution < 1.29 is 9.66 Å². The SMILES string of the molecule is C=C(CNCCC)COc1cc(Cl)ccc1[N+](=O)[O-]. The summed E-state index contributed by atoms with van der Waals surface area (Å²) in [6, 6.07) is 4.23. The molecule has 19 heavy (non-hydrogen) atoms. The highest BCUT2D eigenvalue weighted by atomic mass is 35.5. The van der Waals surface area contributed by atoms with Crippen LogP contribution in [-0.2, 0) is 0 Å². The molecule has 0 aliphatic carbocycles. The smallest absolute Gasteiger partial charge is 0.311 e. The predicted octanol–water partition coefficient (Wildman–Crippen LogP) is 3.18. The molecule has 0 heterocycles. The van der Waals surface area contributed by atoms with E-state index in [1.807, 2.05) is 0 Å². The summed E-state index contributed by atoms with van der Waals surface area (Å²) < 4.78 is 5.41. The zero-order valence-corrected chi connectivity index (χ0v) is 11.6. The molecular weight excluding hydrogens is 268 g/mol. The lowest BCUT2D eigenvalue weighted by Gasteiger charge is -2.10. The van der Waals surface area contributed by atoms with Gasteiger partial charge >= 0.3 is 5.69 Å². The quantitative estimate of drug-likeness (QED) is 0.345. The molecule has 0 aromatic heterocycles. The van der Waals surface area contributed by atoms with Crippen molar-refractivity contribution in [2.45, 2.75) is 13.3 Å². The summed E-state index contributed by atoms with van der Waals surface area (Å²) in [6.07, 6.45) is 1.04. The highest BCUT2D eigenvalue weighted by Crippen LogP contribution is 2.30. The van der Waals surface area contributed by atoms with Crippen LogP contribution in [0.15, 0.2) is 30.4 Å². The number of ether oxygens (including phenoxy) is 1. The molecule has 6 heteroatoms. The maximum atomic E-state index is 10.8. The van der Waals surface area contributed by atoms with Gasteiger partial charge in [0.05, 0.1) is 4.92 Å². The van der Waals surface area contributed by atoms with Crippen molar-refractivity contribution in [3.63, 3.8) is 0 Å². The summed E-state index contributed by atoms with van der Waals surface area (Å²) in [6.45, 7) is 7.67. The number of nitro groups is 1. The highest BCUT2D eigenvalue weighted by Gasteiger charge is 2.15. The van der Waals surface area contributed by atoms with Gasteiger partial charge in [-0.2, -0.15) is 0 Å². The van der Waals surface area contributed by atoms with Crippen molar-refractivity contribution in [3.8, 4) is 5.75 Å². The fourth-order valence-corrected chi connectivity index (χ4v) is 1.59. The van der Waals surface area contributed by atoms with Gasteiger partial charge in [-0.1, -0.05) is 25.1 Å². The van der Waals surface area contributed by atoms with Crippen molar-refractivity contribution in [2.75, 3.05) is 19.7 Å². The molecule has 0 aliphatic rings. The molecule has 0 amide bonds. The molecule has 0 aliphatic heterocycles. The molecule has 0 atom stereocenters. The Morgan fingerprint density at radius 2 is 2.32 bits per heavy atom. The van der Waals surface area contributed by atoms with Crippen LogP contribution in [0, 0.1) is 10.1 Å². The van der Waals surface area contributed by atoms with Gasteiger partial charge in [-0.15, -0.1) is 0 Å². The molecule has 0 spiro atoms. The minimum absolute atomic E-state index is 0.0984. The van der Waals surface area contributed by atoms with Crippen LogP contribution < -0.4 is 10.1 Å². The van der Waals surface area contributed by atoms with Gasteiger partial charge < -0.3 is 10.1 Å². The standard InChI is InChI=1S/C13H17ClN2O3/c1-3-6-15-8-10(2)9-19-13-7-11(14)4-5-12(13)16(17)18/h4-5,7,15H,2-3,6,8-9H2,1H3. The van der Waals surface area contributed by atoms with E-state index >= 15 is 0 Å². The van der Waals surface area contributed by atoms with Crippen molar-refractivity contribution in [3.05, 3.63) is 45.5 Å². The van der Waals surface area contributed by atoms with E-state index in [0.717, 1.165) is 18.5 Å². The van der Waals surface area contributed by atoms with E-state index in [1.54, 1.807) is 0 Å². The van der Waals surface area contributed by atoms with Gasteiger partial charge in [0.25, 0.3) is 0 Å². The first-order chi connectivity index (χ1) is 9.04. The number of hydrogen-bond donors (Lipinski definition) is 1. The van der Waals surface area contributed by atoms with Crippen LogP contribution in [-0.4, -0.2) is 24.6 Å². The second kappa shape index (κ2) is 7.76. The minimum Gasteiger partial charge on any atom is -0.482 e. The molecule has 0 saturated heterocycles. The maximum absolute atomic E-state index is 10.8. The zero-order chi connectivity index (χ0) is 14.3. The van der Waals surface area contributed by atoms with E-state index in [2.05, 4.69) is 18.8 Å². The third-order valence-corrected chi connectivity index (χ3v) is 2.59. The Morgan fingerprint density at radius 1 is 1.58 bits per heavy atom. The average Bonchev–Trinajstić information content (AvgIpc) is 2.36. The van der Waals surface area contributed by atoms with Gasteiger partial charge in [0.15, 0.2) is 5.75 Å². The van der Waals surface area contributed by atoms with Crippen LogP contribution in [0.1, 0.15) is 13.3 Å². The Kier molecular flexibility index (Phi) is 6.32. The Labute approximate surface area is 117 Å². The molecule has 1 N–H and O–H groups in total. The molecular formula is C13H17ClN2O3. The van der Waals surface area contributed by atoms with Crippen molar-refractivity contribution >= 4 is 17.3 Å². The van der Waals surface area contributed by atoms with Crippen molar-refractivity contribution in [2.24, 2.45) is 0 Å². The van der Waals surface area contributed by atoms with Crippen molar-refractivity contribution in [1.29, 1.82) is 0 Å². The molecule has 0 fully saturated rings. The van der Waals surface area contributed by atoms with Crippen LogP contribution in [0.25, 0.3) is 0 Å². The summed E-state index contributed by atoms with van der Waals surface area (Å²) in [7, 11) is 0. The molecule has 1 aromatic carbocycles. The molecule has 0 saturated carbocycles. The van der Waals surface area contributed by atoms with E-state index in [4.69, 9.17) is 16.3 Å². The van der Waals surface area contributed by atoms with E-state index in [0.29, 0.717) is 11.6 Å². The topological polar surface area (TPSA) is 64.4 Å². The first-order valence-corrected chi connectivity index (χ1v) is 6.36. The number of rotatable bonds is 8. The lowest BCUT2D eigenvalue weighted by molar-refractivity contribution is -0.385. The molecule has 0 bridgehead atoms.